The normalized spacial score (nSPS) is 10.2. The SMILES string of the molecule is COC(=O)c1sc(NC(=O)c2ccc(Cc3ccccc3)cc2)c(C#N)c1C. The first-order chi connectivity index (χ1) is 13.5. The first kappa shape index (κ1) is 19.3. The van der Waals surface area contributed by atoms with Crippen molar-refractivity contribution >= 4 is 28.2 Å². The van der Waals surface area contributed by atoms with Gasteiger partial charge in [0.2, 0.25) is 0 Å². The van der Waals surface area contributed by atoms with Gasteiger partial charge in [0.15, 0.2) is 0 Å². The number of anilines is 1. The second-order valence-electron chi connectivity index (χ2n) is 6.18. The van der Waals surface area contributed by atoms with E-state index in [4.69, 9.17) is 4.74 Å². The van der Waals surface area contributed by atoms with Crippen LogP contribution in [0.5, 0.6) is 0 Å². The Morgan fingerprint density at radius 1 is 1.07 bits per heavy atom. The summed E-state index contributed by atoms with van der Waals surface area (Å²) in [4.78, 5) is 24.7. The standard InChI is InChI=1S/C22H18N2O3S/c1-14-18(13-23)21(28-19(14)22(26)27-2)24-20(25)17-10-8-16(9-11-17)12-15-6-4-3-5-7-15/h3-11H,12H2,1-2H3,(H,24,25). The van der Waals surface area contributed by atoms with E-state index in [1.165, 1.54) is 12.7 Å². The molecule has 0 unspecified atom stereocenters. The van der Waals surface area contributed by atoms with Gasteiger partial charge in [-0.05, 0) is 42.2 Å². The molecule has 2 aromatic carbocycles. The molecule has 3 rings (SSSR count). The number of ether oxygens (including phenoxy) is 1. The first-order valence-corrected chi connectivity index (χ1v) is 9.41. The zero-order valence-electron chi connectivity index (χ0n) is 15.5. The van der Waals surface area contributed by atoms with Gasteiger partial charge in [0.1, 0.15) is 15.9 Å². The summed E-state index contributed by atoms with van der Waals surface area (Å²) in [6, 6.07) is 19.4. The largest absolute Gasteiger partial charge is 0.465 e. The van der Waals surface area contributed by atoms with Gasteiger partial charge in [-0.3, -0.25) is 4.79 Å². The molecule has 0 bridgehead atoms. The van der Waals surface area contributed by atoms with Crippen LogP contribution in [-0.4, -0.2) is 19.0 Å². The van der Waals surface area contributed by atoms with Gasteiger partial charge in [-0.2, -0.15) is 5.26 Å². The highest BCUT2D eigenvalue weighted by Gasteiger charge is 2.22. The molecule has 6 heteroatoms. The topological polar surface area (TPSA) is 79.2 Å². The number of thiophene rings is 1. The number of methoxy groups -OCH3 is 1. The highest BCUT2D eigenvalue weighted by molar-refractivity contribution is 7.18. The molecular formula is C22H18N2O3S. The lowest BCUT2D eigenvalue weighted by Gasteiger charge is -2.06. The minimum atomic E-state index is -0.523. The Morgan fingerprint density at radius 3 is 2.32 bits per heavy atom. The molecule has 0 saturated heterocycles. The Labute approximate surface area is 167 Å². The summed E-state index contributed by atoms with van der Waals surface area (Å²) in [6.45, 7) is 1.66. The highest BCUT2D eigenvalue weighted by Crippen LogP contribution is 2.33. The van der Waals surface area contributed by atoms with E-state index in [9.17, 15) is 14.9 Å². The number of esters is 1. The molecule has 28 heavy (non-hydrogen) atoms. The van der Waals surface area contributed by atoms with Gasteiger partial charge in [-0.15, -0.1) is 11.3 Å². The van der Waals surface area contributed by atoms with Crippen LogP contribution in [0.1, 0.15) is 42.3 Å². The van der Waals surface area contributed by atoms with Crippen LogP contribution >= 0.6 is 11.3 Å². The fourth-order valence-corrected chi connectivity index (χ4v) is 3.87. The Morgan fingerprint density at radius 2 is 1.71 bits per heavy atom. The lowest BCUT2D eigenvalue weighted by Crippen LogP contribution is -2.11. The van der Waals surface area contributed by atoms with Gasteiger partial charge in [-0.1, -0.05) is 42.5 Å². The van der Waals surface area contributed by atoms with E-state index < -0.39 is 5.97 Å². The number of nitrogens with one attached hydrogen (secondary N) is 1. The van der Waals surface area contributed by atoms with Crippen LogP contribution in [0.2, 0.25) is 0 Å². The van der Waals surface area contributed by atoms with E-state index in [0.29, 0.717) is 21.0 Å². The number of nitrogens with zero attached hydrogens (tertiary/aromatic N) is 1. The van der Waals surface area contributed by atoms with E-state index in [1.807, 2.05) is 36.4 Å². The maximum absolute atomic E-state index is 12.6. The molecule has 1 heterocycles. The summed E-state index contributed by atoms with van der Waals surface area (Å²) < 4.78 is 4.73. The summed E-state index contributed by atoms with van der Waals surface area (Å²) in [5, 5.41) is 12.5. The summed E-state index contributed by atoms with van der Waals surface area (Å²) in [5.41, 5.74) is 3.56. The lowest BCUT2D eigenvalue weighted by atomic mass is 10.0. The lowest BCUT2D eigenvalue weighted by molar-refractivity contribution is 0.0605. The van der Waals surface area contributed by atoms with Crippen LogP contribution in [0.4, 0.5) is 5.00 Å². The predicted octanol–water partition coefficient (Wildman–Crippen LogP) is 4.56. The number of hydrogen-bond acceptors (Lipinski definition) is 5. The average molecular weight is 390 g/mol. The molecule has 0 aliphatic rings. The van der Waals surface area contributed by atoms with E-state index >= 15 is 0 Å². The molecule has 1 amide bonds. The van der Waals surface area contributed by atoms with Crippen LogP contribution in [0, 0.1) is 18.3 Å². The van der Waals surface area contributed by atoms with Gasteiger partial charge < -0.3 is 10.1 Å². The zero-order valence-corrected chi connectivity index (χ0v) is 16.3. The van der Waals surface area contributed by atoms with Gasteiger partial charge in [0, 0.05) is 5.56 Å². The predicted molar refractivity (Wildman–Crippen MR) is 109 cm³/mol. The molecule has 0 aliphatic carbocycles. The van der Waals surface area contributed by atoms with E-state index in [0.717, 1.165) is 23.3 Å². The second-order valence-corrected chi connectivity index (χ2v) is 7.20. The van der Waals surface area contributed by atoms with Crippen molar-refractivity contribution in [2.24, 2.45) is 0 Å². The van der Waals surface area contributed by atoms with Crippen LogP contribution in [-0.2, 0) is 11.2 Å². The monoisotopic (exact) mass is 390 g/mol. The molecule has 0 spiro atoms. The Balaban J connectivity index is 1.76. The number of rotatable bonds is 5. The fourth-order valence-electron chi connectivity index (χ4n) is 2.80. The number of hydrogen-bond donors (Lipinski definition) is 1. The van der Waals surface area contributed by atoms with Gasteiger partial charge in [-0.25, -0.2) is 4.79 Å². The Bertz CT molecular complexity index is 1050. The maximum atomic E-state index is 12.6. The van der Waals surface area contributed by atoms with Crippen LogP contribution < -0.4 is 5.32 Å². The second kappa shape index (κ2) is 8.51. The minimum Gasteiger partial charge on any atom is -0.465 e. The molecule has 0 aliphatic heterocycles. The molecule has 1 N–H and O–H groups in total. The van der Waals surface area contributed by atoms with Gasteiger partial charge in [0.25, 0.3) is 5.91 Å². The quantitative estimate of drug-likeness (QED) is 0.648. The highest BCUT2D eigenvalue weighted by atomic mass is 32.1. The summed E-state index contributed by atoms with van der Waals surface area (Å²) >= 11 is 1.04. The van der Waals surface area contributed by atoms with Crippen molar-refractivity contribution in [1.82, 2.24) is 0 Å². The third-order valence-corrected chi connectivity index (χ3v) is 5.51. The number of nitriles is 1. The average Bonchev–Trinajstić information content (AvgIpc) is 3.03. The summed E-state index contributed by atoms with van der Waals surface area (Å²) in [5.74, 6) is -0.856. The molecule has 0 atom stereocenters. The molecule has 0 fully saturated rings. The van der Waals surface area contributed by atoms with Gasteiger partial charge >= 0.3 is 5.97 Å². The summed E-state index contributed by atoms with van der Waals surface area (Å²) in [6.07, 6.45) is 0.786. The van der Waals surface area contributed by atoms with E-state index in [2.05, 4.69) is 17.4 Å². The third kappa shape index (κ3) is 4.11. The number of benzene rings is 2. The Kier molecular flexibility index (Phi) is 5.87. The molecule has 3 aromatic rings. The molecule has 1 aromatic heterocycles. The first-order valence-electron chi connectivity index (χ1n) is 8.59. The number of amides is 1. The Hall–Kier alpha value is -3.43. The van der Waals surface area contributed by atoms with Crippen LogP contribution in [0.3, 0.4) is 0 Å². The van der Waals surface area contributed by atoms with Crippen LogP contribution in [0.25, 0.3) is 0 Å². The van der Waals surface area contributed by atoms with Crippen molar-refractivity contribution in [3.63, 3.8) is 0 Å². The van der Waals surface area contributed by atoms with Crippen molar-refractivity contribution in [1.29, 1.82) is 5.26 Å². The van der Waals surface area contributed by atoms with E-state index in [-0.39, 0.29) is 11.5 Å². The zero-order chi connectivity index (χ0) is 20.1. The van der Waals surface area contributed by atoms with Crippen molar-refractivity contribution in [2.45, 2.75) is 13.3 Å². The molecule has 0 radical (unpaired) electrons. The van der Waals surface area contributed by atoms with Crippen LogP contribution in [0.15, 0.2) is 54.6 Å². The molecule has 5 nitrogen and oxygen atoms in total. The fraction of sp³-hybridized carbons (Fsp3) is 0.136. The molecular weight excluding hydrogens is 372 g/mol. The number of carbonyl (C=O) groups excluding carboxylic acids is 2. The van der Waals surface area contributed by atoms with Crippen molar-refractivity contribution < 1.29 is 14.3 Å². The summed E-state index contributed by atoms with van der Waals surface area (Å²) in [7, 11) is 1.28. The van der Waals surface area contributed by atoms with Crippen molar-refractivity contribution in [3.8, 4) is 6.07 Å². The van der Waals surface area contributed by atoms with Crippen molar-refractivity contribution in [3.05, 3.63) is 87.3 Å². The smallest absolute Gasteiger partial charge is 0.348 e. The maximum Gasteiger partial charge on any atom is 0.348 e. The van der Waals surface area contributed by atoms with Crippen molar-refractivity contribution in [2.75, 3.05) is 12.4 Å². The molecule has 140 valence electrons. The van der Waals surface area contributed by atoms with E-state index in [1.54, 1.807) is 19.1 Å². The molecule has 0 saturated carbocycles. The van der Waals surface area contributed by atoms with Gasteiger partial charge in [0.05, 0.1) is 12.7 Å². The number of carbonyl (C=O) groups is 2. The third-order valence-electron chi connectivity index (χ3n) is 4.32. The minimum absolute atomic E-state index is 0.277.